The number of carbonyl (C=O) groups is 5. The molecule has 3 rings (SSSR count). The van der Waals surface area contributed by atoms with E-state index < -0.39 is 77.8 Å². The van der Waals surface area contributed by atoms with Gasteiger partial charge in [0.1, 0.15) is 35.0 Å². The molecule has 3 N–H and O–H groups in total. The van der Waals surface area contributed by atoms with Crippen LogP contribution in [0, 0.1) is 0 Å². The highest BCUT2D eigenvalue weighted by molar-refractivity contribution is 8.16. The van der Waals surface area contributed by atoms with Crippen LogP contribution in [0.1, 0.15) is 72.6 Å². The van der Waals surface area contributed by atoms with E-state index in [2.05, 4.69) is 22.0 Å². The van der Waals surface area contributed by atoms with E-state index in [1.807, 2.05) is 6.92 Å². The summed E-state index contributed by atoms with van der Waals surface area (Å²) in [5.41, 5.74) is 4.19. The normalized spacial score (nSPS) is 24.8. The highest BCUT2D eigenvalue weighted by atomic mass is 32.2. The first-order valence-corrected chi connectivity index (χ1v) is 17.3. The van der Waals surface area contributed by atoms with Crippen LogP contribution in [-0.4, -0.2) is 95.9 Å². The second-order valence-electron chi connectivity index (χ2n) is 11.7. The lowest BCUT2D eigenvalue weighted by Crippen LogP contribution is -2.61. The Bertz CT molecular complexity index is 1610. The molecule has 286 valence electrons. The molecule has 1 saturated heterocycles. The number of oxime groups is 1. The van der Waals surface area contributed by atoms with Gasteiger partial charge in [-0.05, 0) is 13.3 Å². The predicted molar refractivity (Wildman–Crippen MR) is 184 cm³/mol. The first-order valence-electron chi connectivity index (χ1n) is 16.3. The molecule has 0 spiro atoms. The Morgan fingerprint density at radius 1 is 1.06 bits per heavy atom. The van der Waals surface area contributed by atoms with Crippen LogP contribution in [-0.2, 0) is 52.5 Å². The fourth-order valence-electron chi connectivity index (χ4n) is 5.13. The summed E-state index contributed by atoms with van der Waals surface area (Å²) in [5, 5.41) is 7.15. The van der Waals surface area contributed by atoms with Gasteiger partial charge in [0.05, 0.1) is 18.7 Å². The fraction of sp³-hybridized carbons (Fsp3) is 0.576. The summed E-state index contributed by atoms with van der Waals surface area (Å²) in [4.78, 5) is 83.5. The van der Waals surface area contributed by atoms with Gasteiger partial charge in [0.2, 0.25) is 6.10 Å². The number of esters is 4. The van der Waals surface area contributed by atoms with Crippen LogP contribution in [0.15, 0.2) is 44.1 Å². The molecule has 2 aliphatic heterocycles. The minimum absolute atomic E-state index is 0.0130. The van der Waals surface area contributed by atoms with Gasteiger partial charge in [-0.3, -0.25) is 29.7 Å². The summed E-state index contributed by atoms with van der Waals surface area (Å²) in [6, 6.07) is 1.97. The number of nitrogens with zero attached hydrogens (tertiary/aromatic N) is 2. The third-order valence-electron chi connectivity index (χ3n) is 7.29. The van der Waals surface area contributed by atoms with Crippen LogP contribution in [0.4, 0.5) is 0 Å². The van der Waals surface area contributed by atoms with E-state index in [0.29, 0.717) is 12.8 Å². The maximum atomic E-state index is 13.5. The number of ether oxygens (including phenoxy) is 6. The lowest BCUT2D eigenvalue weighted by atomic mass is 9.96. The molecule has 0 radical (unpaired) electrons. The van der Waals surface area contributed by atoms with Crippen LogP contribution < -0.4 is 21.4 Å². The minimum Gasteiger partial charge on any atom is -0.489 e. The molecule has 1 amide bonds. The van der Waals surface area contributed by atoms with E-state index in [1.165, 1.54) is 32.1 Å². The Labute approximate surface area is 303 Å². The van der Waals surface area contributed by atoms with Crippen LogP contribution in [0.2, 0.25) is 0 Å². The Morgan fingerprint density at radius 3 is 2.33 bits per heavy atom. The zero-order chi connectivity index (χ0) is 38.6. The van der Waals surface area contributed by atoms with E-state index in [9.17, 15) is 28.8 Å². The summed E-state index contributed by atoms with van der Waals surface area (Å²) < 4.78 is 38.1. The lowest BCUT2D eigenvalue weighted by Gasteiger charge is -2.43. The van der Waals surface area contributed by atoms with Gasteiger partial charge in [-0.15, -0.1) is 11.8 Å². The molecule has 1 fully saturated rings. The number of thioether (sulfide) groups is 1. The second-order valence-corrected chi connectivity index (χ2v) is 12.7. The van der Waals surface area contributed by atoms with Crippen LogP contribution in [0.3, 0.4) is 0 Å². The van der Waals surface area contributed by atoms with Gasteiger partial charge in [0, 0.05) is 45.9 Å². The first kappa shape index (κ1) is 41.7. The smallest absolute Gasteiger partial charge is 0.339 e. The largest absolute Gasteiger partial charge is 0.489 e. The van der Waals surface area contributed by atoms with Crippen molar-refractivity contribution in [3.8, 4) is 5.75 Å². The molecule has 0 aliphatic carbocycles. The van der Waals surface area contributed by atoms with E-state index in [4.69, 9.17) is 43.4 Å². The molecule has 0 unspecified atom stereocenters. The van der Waals surface area contributed by atoms with E-state index in [0.717, 1.165) is 32.5 Å². The maximum absolute atomic E-state index is 13.5. The van der Waals surface area contributed by atoms with Gasteiger partial charge in [-0.1, -0.05) is 31.2 Å². The Hall–Kier alpha value is -4.75. The van der Waals surface area contributed by atoms with Crippen LogP contribution in [0.25, 0.3) is 0 Å². The summed E-state index contributed by atoms with van der Waals surface area (Å²) >= 11 is 1.11. The average molecular weight is 753 g/mol. The molecule has 1 aromatic heterocycles. The monoisotopic (exact) mass is 752 g/mol. The van der Waals surface area contributed by atoms with E-state index in [1.54, 1.807) is 0 Å². The van der Waals surface area contributed by atoms with Crippen molar-refractivity contribution in [1.82, 2.24) is 5.32 Å². The molecule has 0 bridgehead atoms. The maximum Gasteiger partial charge on any atom is 0.339 e. The molecule has 1 aromatic rings. The Kier molecular flexibility index (Phi) is 15.4. The van der Waals surface area contributed by atoms with Crippen LogP contribution in [0.5, 0.6) is 5.75 Å². The van der Waals surface area contributed by atoms with Gasteiger partial charge in [0.25, 0.3) is 12.2 Å². The van der Waals surface area contributed by atoms with Crippen molar-refractivity contribution in [1.29, 1.82) is 0 Å². The number of nitrogens with two attached hydrogens (primary N) is 1. The molecular weight excluding hydrogens is 708 g/mol. The zero-order valence-corrected chi connectivity index (χ0v) is 30.6. The zero-order valence-electron chi connectivity index (χ0n) is 29.7. The molecular formula is C33H44N4O14S. The van der Waals surface area contributed by atoms with Gasteiger partial charge < -0.3 is 43.0 Å². The summed E-state index contributed by atoms with van der Waals surface area (Å²) in [5.74, 6) is -3.12. The summed E-state index contributed by atoms with van der Waals surface area (Å²) in [7, 11) is 0. The van der Waals surface area contributed by atoms with Crippen molar-refractivity contribution in [3.05, 3.63) is 41.0 Å². The van der Waals surface area contributed by atoms with Gasteiger partial charge >= 0.3 is 29.5 Å². The highest BCUT2D eigenvalue weighted by Gasteiger charge is 2.53. The van der Waals surface area contributed by atoms with Crippen molar-refractivity contribution in [2.45, 2.75) is 103 Å². The third kappa shape index (κ3) is 11.9. The molecule has 0 saturated carbocycles. The number of amides is 1. The lowest BCUT2D eigenvalue weighted by molar-refractivity contribution is -0.305. The molecule has 52 heavy (non-hydrogen) atoms. The van der Waals surface area contributed by atoms with Gasteiger partial charge in [-0.25, -0.2) is 9.79 Å². The van der Waals surface area contributed by atoms with Crippen LogP contribution >= 0.6 is 11.8 Å². The Balaban J connectivity index is 1.86. The van der Waals surface area contributed by atoms with Crippen molar-refractivity contribution < 1.29 is 61.6 Å². The molecule has 3 heterocycles. The second kappa shape index (κ2) is 19.2. The van der Waals surface area contributed by atoms with Gasteiger partial charge in [0.15, 0.2) is 17.9 Å². The van der Waals surface area contributed by atoms with Crippen molar-refractivity contribution in [2.24, 2.45) is 15.9 Å². The fourth-order valence-corrected chi connectivity index (χ4v) is 6.15. The topological polar surface area (TPSA) is 243 Å². The standard InChI is InChI=1S/C33H44N4O14S/c1-8-10-23(25-14-22(45-12-9-2)15-26(42)49-25)35-32(43)33(34)16-52-30(36-33)17(3)37-51-31-29(48-21(7)41)28(47-20(6)40)27(46-19(5)39)24(50-31)11-13-44-18(4)38/h9,14-15,23-24,27-29,31H,2,8,10-13,16,34H2,1,3-7H3,(H,35,43)/b37-17+/t23-,24-,27-,28+,29-,31-,33+/m1/s1. The first-order chi connectivity index (χ1) is 24.6. The molecule has 18 nitrogen and oxygen atoms in total. The quantitative estimate of drug-likeness (QED) is 0.0758. The summed E-state index contributed by atoms with van der Waals surface area (Å²) in [6.07, 6.45) is -4.24. The van der Waals surface area contributed by atoms with E-state index >= 15 is 0 Å². The number of hydrogen-bond acceptors (Lipinski definition) is 18. The molecule has 2 aliphatic rings. The van der Waals surface area contributed by atoms with Crippen molar-refractivity contribution >= 4 is 52.3 Å². The van der Waals surface area contributed by atoms with Crippen molar-refractivity contribution in [3.63, 3.8) is 0 Å². The number of hydrogen-bond donors (Lipinski definition) is 2. The van der Waals surface area contributed by atoms with Gasteiger partial charge in [-0.2, -0.15) is 0 Å². The third-order valence-corrected chi connectivity index (χ3v) is 8.53. The minimum atomic E-state index is -1.75. The molecule has 19 heteroatoms. The predicted octanol–water partition coefficient (Wildman–Crippen LogP) is 1.83. The molecule has 7 atom stereocenters. The number of aliphatic imine (C=N–C) groups is 1. The average Bonchev–Trinajstić information content (AvgIpc) is 3.47. The Morgan fingerprint density at radius 2 is 1.71 bits per heavy atom. The number of rotatable bonds is 17. The number of carbonyl (C=O) groups excluding carboxylic acids is 5. The molecule has 0 aromatic carbocycles. The highest BCUT2D eigenvalue weighted by Crippen LogP contribution is 2.32. The van der Waals surface area contributed by atoms with Crippen molar-refractivity contribution in [2.75, 3.05) is 19.0 Å². The number of nitrogens with one attached hydrogen (secondary N) is 1. The summed E-state index contributed by atoms with van der Waals surface area (Å²) in [6.45, 7) is 11.5. The van der Waals surface area contributed by atoms with E-state index in [-0.39, 0.29) is 47.7 Å². The SMILES string of the molecule is C=CCOc1cc([C@@H](CCC)NC(=O)[C@]2(N)CSC(/C(C)=N/O[C@H]3O[C@H](CCOC(C)=O)[C@@H](OC(C)=O)[C@H](OC(C)=O)[C@H]3OC(C)=O)=N2)oc(=O)c1.